The summed E-state index contributed by atoms with van der Waals surface area (Å²) in [6, 6.07) is 4.78. The van der Waals surface area contributed by atoms with E-state index in [1.165, 1.54) is 12.1 Å². The molecule has 0 aliphatic carbocycles. The van der Waals surface area contributed by atoms with Crippen LogP contribution in [0.25, 0.3) is 10.4 Å². The van der Waals surface area contributed by atoms with Gasteiger partial charge in [-0.2, -0.15) is 13.2 Å². The monoisotopic (exact) mass is 318 g/mol. The van der Waals surface area contributed by atoms with Crippen molar-refractivity contribution < 1.29 is 17.6 Å². The Balaban J connectivity index is 2.23. The molecule has 1 N–H and O–H groups in total. The Morgan fingerprint density at radius 3 is 2.52 bits per heavy atom. The maximum Gasteiger partial charge on any atom is 0.443 e. The van der Waals surface area contributed by atoms with Gasteiger partial charge in [0, 0.05) is 24.3 Å². The Labute approximate surface area is 123 Å². The van der Waals surface area contributed by atoms with Gasteiger partial charge in [-0.3, -0.25) is 0 Å². The van der Waals surface area contributed by atoms with Gasteiger partial charge in [-0.1, -0.05) is 26.0 Å². The van der Waals surface area contributed by atoms with E-state index in [2.05, 4.69) is 10.3 Å². The first-order valence-electron chi connectivity index (χ1n) is 6.32. The van der Waals surface area contributed by atoms with Crippen LogP contribution in [0.5, 0.6) is 0 Å². The lowest BCUT2D eigenvalue weighted by molar-refractivity contribution is -0.137. The highest BCUT2D eigenvalue weighted by Crippen LogP contribution is 2.37. The molecule has 2 nitrogen and oxygen atoms in total. The first-order chi connectivity index (χ1) is 9.77. The molecule has 0 amide bonds. The quantitative estimate of drug-likeness (QED) is 0.842. The fourth-order valence-electron chi connectivity index (χ4n) is 1.72. The number of nitrogens with one attached hydrogen (secondary N) is 1. The number of rotatable bonds is 4. The fourth-order valence-corrected chi connectivity index (χ4v) is 2.53. The molecule has 7 heteroatoms. The predicted molar refractivity (Wildman–Crippen MR) is 74.5 cm³/mol. The first-order valence-corrected chi connectivity index (χ1v) is 7.14. The summed E-state index contributed by atoms with van der Waals surface area (Å²) in [5, 5.41) is 2.18. The van der Waals surface area contributed by atoms with Gasteiger partial charge in [-0.05, 0) is 11.6 Å². The van der Waals surface area contributed by atoms with Gasteiger partial charge in [0.25, 0.3) is 0 Å². The van der Waals surface area contributed by atoms with E-state index in [0.29, 0.717) is 17.9 Å². The molecular formula is C14H14F4N2S. The van der Waals surface area contributed by atoms with Crippen molar-refractivity contribution in [1.82, 2.24) is 10.3 Å². The molecule has 1 aromatic heterocycles. The van der Waals surface area contributed by atoms with Gasteiger partial charge in [0.15, 0.2) is 5.01 Å². The van der Waals surface area contributed by atoms with Gasteiger partial charge < -0.3 is 5.32 Å². The second kappa shape index (κ2) is 6.11. The molecule has 1 aromatic carbocycles. The van der Waals surface area contributed by atoms with Crippen molar-refractivity contribution in [3.8, 4) is 10.4 Å². The summed E-state index contributed by atoms with van der Waals surface area (Å²) in [6.07, 6.45) is -3.45. The number of hydrogen-bond acceptors (Lipinski definition) is 3. The number of halogens is 4. The molecule has 21 heavy (non-hydrogen) atoms. The van der Waals surface area contributed by atoms with E-state index in [1.54, 1.807) is 6.07 Å². The highest BCUT2D eigenvalue weighted by molar-refractivity contribution is 7.15. The molecule has 0 bridgehead atoms. The fraction of sp³-hybridized carbons (Fsp3) is 0.357. The topological polar surface area (TPSA) is 24.9 Å². The van der Waals surface area contributed by atoms with Crippen LogP contribution in [-0.2, 0) is 12.7 Å². The zero-order valence-corrected chi connectivity index (χ0v) is 12.3. The van der Waals surface area contributed by atoms with Crippen molar-refractivity contribution >= 4 is 11.3 Å². The number of thiazole rings is 1. The van der Waals surface area contributed by atoms with Crippen LogP contribution in [0.1, 0.15) is 24.4 Å². The van der Waals surface area contributed by atoms with Crippen molar-refractivity contribution in [3.05, 3.63) is 40.8 Å². The van der Waals surface area contributed by atoms with E-state index in [4.69, 9.17) is 0 Å². The average Bonchev–Trinajstić information content (AvgIpc) is 2.85. The molecule has 2 rings (SSSR count). The number of nitrogens with zero attached hydrogens (tertiary/aromatic N) is 1. The van der Waals surface area contributed by atoms with Crippen LogP contribution in [-0.4, -0.2) is 11.0 Å². The van der Waals surface area contributed by atoms with Gasteiger partial charge in [0.05, 0.1) is 4.88 Å². The van der Waals surface area contributed by atoms with Crippen molar-refractivity contribution in [1.29, 1.82) is 0 Å². The van der Waals surface area contributed by atoms with Crippen LogP contribution in [0.15, 0.2) is 24.4 Å². The zero-order chi connectivity index (χ0) is 15.6. The summed E-state index contributed by atoms with van der Waals surface area (Å²) < 4.78 is 51.5. The third-order valence-corrected chi connectivity index (χ3v) is 3.84. The molecule has 0 saturated carbocycles. The summed E-state index contributed by atoms with van der Waals surface area (Å²) in [4.78, 5) is 3.47. The molecule has 0 aliphatic rings. The van der Waals surface area contributed by atoms with Crippen LogP contribution >= 0.6 is 11.3 Å². The Hall–Kier alpha value is -1.47. The summed E-state index contributed by atoms with van der Waals surface area (Å²) >= 11 is 0.439. The molecule has 0 unspecified atom stereocenters. The lowest BCUT2D eigenvalue weighted by Gasteiger charge is -2.09. The average molecular weight is 318 g/mol. The van der Waals surface area contributed by atoms with E-state index >= 15 is 0 Å². The first kappa shape index (κ1) is 15.9. The van der Waals surface area contributed by atoms with Crippen molar-refractivity contribution in [2.45, 2.75) is 32.6 Å². The van der Waals surface area contributed by atoms with Gasteiger partial charge in [0.2, 0.25) is 0 Å². The second-order valence-corrected chi connectivity index (χ2v) is 5.91. The number of hydrogen-bond donors (Lipinski definition) is 1. The van der Waals surface area contributed by atoms with Crippen molar-refractivity contribution in [2.24, 2.45) is 0 Å². The van der Waals surface area contributed by atoms with E-state index < -0.39 is 17.0 Å². The molecule has 0 radical (unpaired) electrons. The van der Waals surface area contributed by atoms with Crippen LogP contribution in [0.2, 0.25) is 0 Å². The molecular weight excluding hydrogens is 304 g/mol. The standard InChI is InChI=1S/C14H14F4N2S/c1-8(2)19-6-9-3-4-10(11(15)5-9)12-7-20-13(21-12)14(16,17)18/h3-5,7-8,19H,6H2,1-2H3. The molecule has 0 spiro atoms. The maximum atomic E-state index is 14.0. The minimum atomic E-state index is -4.50. The minimum Gasteiger partial charge on any atom is -0.310 e. The van der Waals surface area contributed by atoms with Crippen molar-refractivity contribution in [3.63, 3.8) is 0 Å². The normalized spacial score (nSPS) is 12.1. The van der Waals surface area contributed by atoms with Gasteiger partial charge in [-0.25, -0.2) is 9.37 Å². The molecule has 2 aromatic rings. The SMILES string of the molecule is CC(C)NCc1ccc(-c2cnc(C(F)(F)F)s2)c(F)c1. The Morgan fingerprint density at radius 2 is 2.00 bits per heavy atom. The predicted octanol–water partition coefficient (Wildman–Crippen LogP) is 4.47. The Kier molecular flexibility index (Phi) is 4.63. The molecule has 0 aliphatic heterocycles. The highest BCUT2D eigenvalue weighted by Gasteiger charge is 2.34. The lowest BCUT2D eigenvalue weighted by Crippen LogP contribution is -2.21. The molecule has 114 valence electrons. The molecule has 0 saturated heterocycles. The van der Waals surface area contributed by atoms with E-state index in [0.717, 1.165) is 11.8 Å². The third kappa shape index (κ3) is 4.01. The second-order valence-electron chi connectivity index (χ2n) is 4.88. The zero-order valence-electron chi connectivity index (χ0n) is 11.5. The summed E-state index contributed by atoms with van der Waals surface area (Å²) in [5.41, 5.74) is 0.877. The van der Waals surface area contributed by atoms with E-state index in [-0.39, 0.29) is 16.5 Å². The third-order valence-electron chi connectivity index (χ3n) is 2.76. The summed E-state index contributed by atoms with van der Waals surface area (Å²) in [6.45, 7) is 4.45. The lowest BCUT2D eigenvalue weighted by atomic mass is 10.1. The van der Waals surface area contributed by atoms with Crippen LogP contribution in [0.3, 0.4) is 0 Å². The van der Waals surface area contributed by atoms with Gasteiger partial charge in [0.1, 0.15) is 5.82 Å². The van der Waals surface area contributed by atoms with Gasteiger partial charge in [-0.15, -0.1) is 11.3 Å². The van der Waals surface area contributed by atoms with Crippen LogP contribution in [0, 0.1) is 5.82 Å². The maximum absolute atomic E-state index is 14.0. The Bertz CT molecular complexity index is 620. The highest BCUT2D eigenvalue weighted by atomic mass is 32.1. The number of alkyl halides is 3. The smallest absolute Gasteiger partial charge is 0.310 e. The summed E-state index contributed by atoms with van der Waals surface area (Å²) in [7, 11) is 0. The van der Waals surface area contributed by atoms with E-state index in [9.17, 15) is 17.6 Å². The number of benzene rings is 1. The minimum absolute atomic E-state index is 0.135. The van der Waals surface area contributed by atoms with Crippen molar-refractivity contribution in [2.75, 3.05) is 0 Å². The molecule has 0 atom stereocenters. The Morgan fingerprint density at radius 1 is 1.29 bits per heavy atom. The van der Waals surface area contributed by atoms with Crippen LogP contribution in [0.4, 0.5) is 17.6 Å². The molecule has 1 heterocycles. The largest absolute Gasteiger partial charge is 0.443 e. The van der Waals surface area contributed by atoms with Gasteiger partial charge >= 0.3 is 6.18 Å². The number of aromatic nitrogens is 1. The van der Waals surface area contributed by atoms with Crippen LogP contribution < -0.4 is 5.32 Å². The van der Waals surface area contributed by atoms with E-state index in [1.807, 2.05) is 13.8 Å². The summed E-state index contributed by atoms with van der Waals surface area (Å²) in [5.74, 6) is -0.546. The molecule has 0 fully saturated rings.